The van der Waals surface area contributed by atoms with Crippen LogP contribution >= 0.6 is 0 Å². The molecule has 2 atom stereocenters. The second-order valence-electron chi connectivity index (χ2n) is 5.72. The summed E-state index contributed by atoms with van der Waals surface area (Å²) < 4.78 is 0.512. The summed E-state index contributed by atoms with van der Waals surface area (Å²) in [6.45, 7) is 1.33. The van der Waals surface area contributed by atoms with Crippen molar-refractivity contribution in [2.24, 2.45) is 0 Å². The number of aliphatic hydroxyl groups excluding tert-OH is 1. The van der Waals surface area contributed by atoms with Crippen LogP contribution in [-0.2, 0) is 14.4 Å². The van der Waals surface area contributed by atoms with Crippen molar-refractivity contribution in [3.05, 3.63) is 0 Å². The summed E-state index contributed by atoms with van der Waals surface area (Å²) in [6.07, 6.45) is -0.918. The van der Waals surface area contributed by atoms with Gasteiger partial charge in [0.1, 0.15) is 12.6 Å². The Morgan fingerprint density at radius 2 is 1.75 bits per heavy atom. The van der Waals surface area contributed by atoms with E-state index < -0.39 is 29.9 Å². The highest BCUT2D eigenvalue weighted by atomic mass is 16.4. The summed E-state index contributed by atoms with van der Waals surface area (Å²) in [4.78, 5) is 33.2. The minimum absolute atomic E-state index is 0.112. The largest absolute Gasteiger partial charge is 0.548 e. The van der Waals surface area contributed by atoms with E-state index >= 15 is 0 Å². The van der Waals surface area contributed by atoms with E-state index in [1.165, 1.54) is 6.92 Å². The molecular formula is C12H23N3O5. The van der Waals surface area contributed by atoms with E-state index in [2.05, 4.69) is 10.6 Å². The number of amides is 2. The Kier molecular flexibility index (Phi) is 7.16. The Balaban J connectivity index is 3.99. The fraction of sp³-hybridized carbons (Fsp3) is 0.750. The zero-order valence-corrected chi connectivity index (χ0v) is 12.3. The molecule has 0 saturated heterocycles. The van der Waals surface area contributed by atoms with E-state index in [1.807, 2.05) is 21.1 Å². The molecule has 0 aliphatic heterocycles. The number of carbonyl (C=O) groups is 3. The Bertz CT molecular complexity index is 365. The van der Waals surface area contributed by atoms with Crippen molar-refractivity contribution >= 4 is 17.8 Å². The van der Waals surface area contributed by atoms with Gasteiger partial charge in [0.2, 0.25) is 11.8 Å². The van der Waals surface area contributed by atoms with Gasteiger partial charge in [-0.05, 0) is 6.92 Å². The Morgan fingerprint density at radius 3 is 2.20 bits per heavy atom. The van der Waals surface area contributed by atoms with E-state index in [9.17, 15) is 24.6 Å². The molecule has 1 unspecified atom stereocenters. The summed E-state index contributed by atoms with van der Waals surface area (Å²) in [5, 5.41) is 24.5. The number of rotatable bonds is 8. The summed E-state index contributed by atoms with van der Waals surface area (Å²) in [5.41, 5.74) is 0. The van der Waals surface area contributed by atoms with Crippen molar-refractivity contribution in [1.82, 2.24) is 10.6 Å². The van der Waals surface area contributed by atoms with Crippen LogP contribution in [0.1, 0.15) is 13.3 Å². The van der Waals surface area contributed by atoms with Gasteiger partial charge in [0.25, 0.3) is 0 Å². The van der Waals surface area contributed by atoms with Crippen LogP contribution in [0.3, 0.4) is 0 Å². The minimum atomic E-state index is -1.40. The molecule has 0 aromatic heterocycles. The lowest BCUT2D eigenvalue weighted by molar-refractivity contribution is -0.873. The van der Waals surface area contributed by atoms with Crippen LogP contribution < -0.4 is 15.7 Å². The Hall–Kier alpha value is -1.67. The lowest BCUT2D eigenvalue weighted by atomic mass is 10.2. The van der Waals surface area contributed by atoms with E-state index in [4.69, 9.17) is 0 Å². The highest BCUT2D eigenvalue weighted by molar-refractivity contribution is 5.87. The Labute approximate surface area is 118 Å². The third kappa shape index (κ3) is 9.29. The first-order valence-electron chi connectivity index (χ1n) is 6.26. The van der Waals surface area contributed by atoms with Crippen molar-refractivity contribution in [2.45, 2.75) is 25.5 Å². The van der Waals surface area contributed by atoms with Gasteiger partial charge in [-0.2, -0.15) is 0 Å². The molecule has 0 spiro atoms. The monoisotopic (exact) mass is 289 g/mol. The number of hydrogen-bond acceptors (Lipinski definition) is 5. The van der Waals surface area contributed by atoms with Gasteiger partial charge in [0.05, 0.1) is 46.1 Å². The van der Waals surface area contributed by atoms with Crippen LogP contribution in [0.4, 0.5) is 0 Å². The summed E-state index contributed by atoms with van der Waals surface area (Å²) in [5.74, 6) is -2.50. The van der Waals surface area contributed by atoms with Gasteiger partial charge in [-0.3, -0.25) is 9.59 Å². The zero-order chi connectivity index (χ0) is 15.9. The van der Waals surface area contributed by atoms with Crippen LogP contribution in [0.2, 0.25) is 0 Å². The van der Waals surface area contributed by atoms with Crippen LogP contribution in [-0.4, -0.2) is 73.8 Å². The van der Waals surface area contributed by atoms with Gasteiger partial charge in [-0.15, -0.1) is 0 Å². The number of carboxylic acid groups (broad SMARTS) is 1. The maximum absolute atomic E-state index is 11.5. The van der Waals surface area contributed by atoms with Crippen LogP contribution in [0.15, 0.2) is 0 Å². The highest BCUT2D eigenvalue weighted by Crippen LogP contribution is 1.99. The van der Waals surface area contributed by atoms with Crippen molar-refractivity contribution < 1.29 is 29.1 Å². The average Bonchev–Trinajstić information content (AvgIpc) is 2.23. The average molecular weight is 289 g/mol. The molecule has 0 fully saturated rings. The molecule has 8 heteroatoms. The lowest BCUT2D eigenvalue weighted by Crippen LogP contribution is -2.49. The van der Waals surface area contributed by atoms with Gasteiger partial charge >= 0.3 is 0 Å². The molecule has 0 aliphatic carbocycles. The molecule has 0 radical (unpaired) electrons. The Morgan fingerprint density at radius 1 is 1.20 bits per heavy atom. The van der Waals surface area contributed by atoms with Crippen molar-refractivity contribution in [1.29, 1.82) is 0 Å². The molecule has 0 heterocycles. The second-order valence-corrected chi connectivity index (χ2v) is 5.72. The standard InChI is InChI=1S/C12H23N3O5/c1-8(12(19)20)14-11(18)6-13-10(17)5-9(16)7-15(2,3)4/h8-9,16H,5-7H2,1-4H3,(H2-,13,14,17,18,19,20)/t8-,9?/m0/s1. The molecule has 0 aliphatic rings. The molecular weight excluding hydrogens is 266 g/mol. The van der Waals surface area contributed by atoms with Crippen molar-refractivity contribution in [3.63, 3.8) is 0 Å². The number of nitrogens with one attached hydrogen (secondary N) is 2. The predicted octanol–water partition coefficient (Wildman–Crippen LogP) is -3.19. The third-order valence-electron chi connectivity index (χ3n) is 2.36. The molecule has 2 amide bonds. The maximum Gasteiger partial charge on any atom is 0.239 e. The number of likely N-dealkylation sites (N-methyl/N-ethyl adjacent to an activating group) is 1. The van der Waals surface area contributed by atoms with Crippen LogP contribution in [0.25, 0.3) is 0 Å². The number of carbonyl (C=O) groups excluding carboxylic acids is 3. The first kappa shape index (κ1) is 18.3. The van der Waals surface area contributed by atoms with Crippen LogP contribution in [0.5, 0.6) is 0 Å². The van der Waals surface area contributed by atoms with Gasteiger partial charge < -0.3 is 30.1 Å². The van der Waals surface area contributed by atoms with Crippen molar-refractivity contribution in [2.75, 3.05) is 34.2 Å². The van der Waals surface area contributed by atoms with Gasteiger partial charge in [0, 0.05) is 0 Å². The summed E-state index contributed by atoms with van der Waals surface area (Å²) in [7, 11) is 5.65. The molecule has 0 aromatic rings. The smallest absolute Gasteiger partial charge is 0.239 e. The first-order chi connectivity index (χ1) is 9.01. The molecule has 0 rings (SSSR count). The number of aliphatic hydroxyl groups is 1. The van der Waals surface area contributed by atoms with Crippen LogP contribution in [0, 0.1) is 0 Å². The SMILES string of the molecule is C[C@H](NC(=O)CNC(=O)CC(O)C[N+](C)(C)C)C(=O)[O-]. The predicted molar refractivity (Wildman–Crippen MR) is 69.1 cm³/mol. The lowest BCUT2D eigenvalue weighted by Gasteiger charge is -2.26. The van der Waals surface area contributed by atoms with Gasteiger partial charge in [-0.1, -0.05) is 0 Å². The molecule has 8 nitrogen and oxygen atoms in total. The molecule has 0 bridgehead atoms. The fourth-order valence-electron chi connectivity index (χ4n) is 1.51. The number of carboxylic acids is 1. The van der Waals surface area contributed by atoms with Crippen molar-refractivity contribution in [3.8, 4) is 0 Å². The molecule has 0 saturated carbocycles. The quantitative estimate of drug-likeness (QED) is 0.407. The number of nitrogens with zero attached hydrogens (tertiary/aromatic N) is 1. The first-order valence-corrected chi connectivity index (χ1v) is 6.26. The normalized spacial score (nSPS) is 14.2. The van der Waals surface area contributed by atoms with Gasteiger partial charge in [-0.25, -0.2) is 0 Å². The molecule has 116 valence electrons. The van der Waals surface area contributed by atoms with E-state index in [0.29, 0.717) is 11.0 Å². The minimum Gasteiger partial charge on any atom is -0.548 e. The molecule has 20 heavy (non-hydrogen) atoms. The van der Waals surface area contributed by atoms with E-state index in [0.717, 1.165) is 0 Å². The number of aliphatic carboxylic acids is 1. The molecule has 0 aromatic carbocycles. The topological polar surface area (TPSA) is 119 Å². The van der Waals surface area contributed by atoms with E-state index in [1.54, 1.807) is 0 Å². The number of quaternary nitrogens is 1. The molecule has 3 N–H and O–H groups in total. The third-order valence-corrected chi connectivity index (χ3v) is 2.36. The maximum atomic E-state index is 11.5. The highest BCUT2D eigenvalue weighted by Gasteiger charge is 2.19. The van der Waals surface area contributed by atoms with Gasteiger partial charge in [0.15, 0.2) is 0 Å². The second kappa shape index (κ2) is 7.81. The fourth-order valence-corrected chi connectivity index (χ4v) is 1.51. The summed E-state index contributed by atoms with van der Waals surface area (Å²) in [6, 6.07) is -1.12. The summed E-state index contributed by atoms with van der Waals surface area (Å²) >= 11 is 0. The number of hydrogen-bond donors (Lipinski definition) is 3. The zero-order valence-electron chi connectivity index (χ0n) is 12.3. The van der Waals surface area contributed by atoms with E-state index in [-0.39, 0.29) is 13.0 Å².